The van der Waals surface area contributed by atoms with Crippen molar-refractivity contribution in [2.75, 3.05) is 16.3 Å². The van der Waals surface area contributed by atoms with Gasteiger partial charge in [-0.15, -0.1) is 0 Å². The minimum Gasteiger partial charge on any atom is -0.345 e. The van der Waals surface area contributed by atoms with Crippen molar-refractivity contribution >= 4 is 33.2 Å². The maximum Gasteiger partial charge on any atom is 0.253 e. The second-order valence-electron chi connectivity index (χ2n) is 7.33. The summed E-state index contributed by atoms with van der Waals surface area (Å²) in [6.07, 6.45) is 1.01. The fraction of sp³-hybridized carbons (Fsp3) is 0.333. The molecule has 0 saturated heterocycles. The maximum absolute atomic E-state index is 12.9. The molecule has 1 atom stereocenters. The van der Waals surface area contributed by atoms with Crippen molar-refractivity contribution in [1.82, 2.24) is 5.32 Å². The number of rotatable bonds is 7. The van der Waals surface area contributed by atoms with Gasteiger partial charge in [-0.3, -0.25) is 14.3 Å². The molecule has 29 heavy (non-hydrogen) atoms. The van der Waals surface area contributed by atoms with Crippen LogP contribution in [0.25, 0.3) is 0 Å². The molecule has 0 aromatic heterocycles. The molecule has 2 aromatic rings. The van der Waals surface area contributed by atoms with Crippen LogP contribution >= 0.6 is 0 Å². The number of sulfonamides is 1. The van der Waals surface area contributed by atoms with Crippen LogP contribution < -0.4 is 15.4 Å². The van der Waals surface area contributed by atoms with Gasteiger partial charge >= 0.3 is 0 Å². The third-order valence-electron chi connectivity index (χ3n) is 4.33. The van der Waals surface area contributed by atoms with Crippen LogP contribution in [0.5, 0.6) is 0 Å². The van der Waals surface area contributed by atoms with Crippen LogP contribution in [0.15, 0.2) is 42.5 Å². The van der Waals surface area contributed by atoms with E-state index in [2.05, 4.69) is 29.2 Å². The number of hydrogen-bond donors (Lipinski definition) is 3. The predicted octanol–water partition coefficient (Wildman–Crippen LogP) is 3.63. The Bertz CT molecular complexity index is 999. The van der Waals surface area contributed by atoms with Crippen molar-refractivity contribution in [3.05, 3.63) is 59.2 Å². The SMILES string of the molecule is CC(=O)Nc1ccc(NS(C)(=O)=O)c(C(=O)NC(C)c2ccc(C(C)C)cc2)c1. The van der Waals surface area contributed by atoms with Gasteiger partial charge in [-0.25, -0.2) is 8.42 Å². The highest BCUT2D eigenvalue weighted by atomic mass is 32.2. The minimum atomic E-state index is -3.58. The van der Waals surface area contributed by atoms with E-state index >= 15 is 0 Å². The van der Waals surface area contributed by atoms with Crippen LogP contribution in [0, 0.1) is 0 Å². The highest BCUT2D eigenvalue weighted by Crippen LogP contribution is 2.24. The van der Waals surface area contributed by atoms with Crippen molar-refractivity contribution in [3.63, 3.8) is 0 Å². The molecule has 2 rings (SSSR count). The van der Waals surface area contributed by atoms with Crippen LogP contribution in [0.4, 0.5) is 11.4 Å². The number of amides is 2. The first kappa shape index (κ1) is 22.4. The van der Waals surface area contributed by atoms with Gasteiger partial charge < -0.3 is 10.6 Å². The molecular formula is C21H27N3O4S. The van der Waals surface area contributed by atoms with E-state index in [1.807, 2.05) is 31.2 Å². The molecule has 0 spiro atoms. The van der Waals surface area contributed by atoms with Gasteiger partial charge in [0.2, 0.25) is 15.9 Å². The summed E-state index contributed by atoms with van der Waals surface area (Å²) in [6, 6.07) is 12.1. The molecule has 8 heteroatoms. The Hall–Kier alpha value is -2.87. The van der Waals surface area contributed by atoms with Crippen molar-refractivity contribution < 1.29 is 18.0 Å². The zero-order valence-corrected chi connectivity index (χ0v) is 18.1. The quantitative estimate of drug-likeness (QED) is 0.640. The second kappa shape index (κ2) is 9.09. The van der Waals surface area contributed by atoms with Gasteiger partial charge in [0.1, 0.15) is 0 Å². The third-order valence-corrected chi connectivity index (χ3v) is 4.92. The van der Waals surface area contributed by atoms with Gasteiger partial charge in [-0.1, -0.05) is 38.1 Å². The Balaban J connectivity index is 2.29. The van der Waals surface area contributed by atoms with E-state index in [0.29, 0.717) is 11.6 Å². The van der Waals surface area contributed by atoms with Crippen LogP contribution in [0.3, 0.4) is 0 Å². The molecule has 0 heterocycles. The Kier molecular flexibility index (Phi) is 7.02. The minimum absolute atomic E-state index is 0.118. The van der Waals surface area contributed by atoms with Gasteiger partial charge in [0.05, 0.1) is 23.5 Å². The van der Waals surface area contributed by atoms with Gasteiger partial charge in [0.15, 0.2) is 0 Å². The molecule has 2 amide bonds. The fourth-order valence-corrected chi connectivity index (χ4v) is 3.41. The van der Waals surface area contributed by atoms with Gasteiger partial charge in [-0.2, -0.15) is 0 Å². The summed E-state index contributed by atoms with van der Waals surface area (Å²) in [5, 5.41) is 5.48. The normalized spacial score (nSPS) is 12.3. The zero-order chi connectivity index (χ0) is 21.8. The van der Waals surface area contributed by atoms with Gasteiger partial charge in [0, 0.05) is 12.6 Å². The molecular weight excluding hydrogens is 390 g/mol. The van der Waals surface area contributed by atoms with E-state index in [4.69, 9.17) is 0 Å². The summed E-state index contributed by atoms with van der Waals surface area (Å²) in [5.41, 5.74) is 2.79. The largest absolute Gasteiger partial charge is 0.345 e. The maximum atomic E-state index is 12.9. The Labute approximate surface area is 172 Å². The molecule has 0 saturated carbocycles. The molecule has 7 nitrogen and oxygen atoms in total. The van der Waals surface area contributed by atoms with Crippen LogP contribution in [0.1, 0.15) is 61.1 Å². The van der Waals surface area contributed by atoms with Gasteiger partial charge in [-0.05, 0) is 42.2 Å². The summed E-state index contributed by atoms with van der Waals surface area (Å²) in [4.78, 5) is 24.2. The summed E-state index contributed by atoms with van der Waals surface area (Å²) in [7, 11) is -3.58. The summed E-state index contributed by atoms with van der Waals surface area (Å²) in [5.74, 6) is -0.335. The first-order valence-electron chi connectivity index (χ1n) is 9.26. The number of carbonyl (C=O) groups excluding carboxylic acids is 2. The molecule has 0 aliphatic carbocycles. The number of carbonyl (C=O) groups is 2. The molecule has 0 bridgehead atoms. The molecule has 0 fully saturated rings. The monoisotopic (exact) mass is 417 g/mol. The van der Waals surface area contributed by atoms with E-state index in [0.717, 1.165) is 11.8 Å². The number of nitrogens with one attached hydrogen (secondary N) is 3. The topological polar surface area (TPSA) is 104 Å². The molecule has 1 unspecified atom stereocenters. The average Bonchev–Trinajstić information content (AvgIpc) is 2.61. The van der Waals surface area contributed by atoms with Gasteiger partial charge in [0.25, 0.3) is 5.91 Å². The van der Waals surface area contributed by atoms with Crippen molar-refractivity contribution in [2.45, 2.75) is 39.7 Å². The van der Waals surface area contributed by atoms with E-state index in [-0.39, 0.29) is 23.2 Å². The Morgan fingerprint density at radius 2 is 1.52 bits per heavy atom. The molecule has 156 valence electrons. The Morgan fingerprint density at radius 3 is 2.03 bits per heavy atom. The van der Waals surface area contributed by atoms with E-state index in [1.54, 1.807) is 0 Å². The Morgan fingerprint density at radius 1 is 0.931 bits per heavy atom. The fourth-order valence-electron chi connectivity index (χ4n) is 2.83. The molecule has 0 aliphatic heterocycles. The van der Waals surface area contributed by atoms with Crippen molar-refractivity contribution in [2.24, 2.45) is 0 Å². The van der Waals surface area contributed by atoms with Crippen LogP contribution in [-0.4, -0.2) is 26.5 Å². The number of hydrogen-bond acceptors (Lipinski definition) is 4. The summed E-state index contributed by atoms with van der Waals surface area (Å²) in [6.45, 7) is 7.42. The molecule has 3 N–H and O–H groups in total. The van der Waals surface area contributed by atoms with E-state index in [1.165, 1.54) is 30.7 Å². The standard InChI is InChI=1S/C21H27N3O4S/c1-13(2)16-6-8-17(9-7-16)14(3)22-21(26)19-12-18(23-15(4)25)10-11-20(19)24-29(5,27)28/h6-14,24H,1-5H3,(H,22,26)(H,23,25). The lowest BCUT2D eigenvalue weighted by Gasteiger charge is -2.18. The number of benzene rings is 2. The van der Waals surface area contributed by atoms with E-state index < -0.39 is 15.9 Å². The van der Waals surface area contributed by atoms with Crippen LogP contribution in [-0.2, 0) is 14.8 Å². The summed E-state index contributed by atoms with van der Waals surface area (Å²) < 4.78 is 25.7. The lowest BCUT2D eigenvalue weighted by atomic mass is 9.99. The second-order valence-corrected chi connectivity index (χ2v) is 9.08. The highest BCUT2D eigenvalue weighted by Gasteiger charge is 2.18. The highest BCUT2D eigenvalue weighted by molar-refractivity contribution is 7.92. The lowest BCUT2D eigenvalue weighted by Crippen LogP contribution is -2.28. The van der Waals surface area contributed by atoms with E-state index in [9.17, 15) is 18.0 Å². The predicted molar refractivity (Wildman–Crippen MR) is 116 cm³/mol. The molecule has 0 aliphatic rings. The summed E-state index contributed by atoms with van der Waals surface area (Å²) >= 11 is 0. The lowest BCUT2D eigenvalue weighted by molar-refractivity contribution is -0.114. The molecule has 2 aromatic carbocycles. The van der Waals surface area contributed by atoms with Crippen molar-refractivity contribution in [1.29, 1.82) is 0 Å². The third kappa shape index (κ3) is 6.60. The zero-order valence-electron chi connectivity index (χ0n) is 17.2. The molecule has 0 radical (unpaired) electrons. The average molecular weight is 418 g/mol. The van der Waals surface area contributed by atoms with Crippen LogP contribution in [0.2, 0.25) is 0 Å². The van der Waals surface area contributed by atoms with Crippen molar-refractivity contribution in [3.8, 4) is 0 Å². The first-order chi connectivity index (χ1) is 13.5. The first-order valence-corrected chi connectivity index (χ1v) is 11.2. The smallest absolute Gasteiger partial charge is 0.253 e. The number of anilines is 2.